The zero-order chi connectivity index (χ0) is 14.5. The van der Waals surface area contributed by atoms with Crippen molar-refractivity contribution in [2.24, 2.45) is 0 Å². The molecule has 0 bridgehead atoms. The molecule has 0 unspecified atom stereocenters. The van der Waals surface area contributed by atoms with Gasteiger partial charge in [0.05, 0.1) is 5.69 Å². The van der Waals surface area contributed by atoms with E-state index in [9.17, 15) is 9.59 Å². The number of hydrogen-bond donors (Lipinski definition) is 2. The average Bonchev–Trinajstić information content (AvgIpc) is 2.37. The molecule has 0 saturated heterocycles. The van der Waals surface area contributed by atoms with Crippen LogP contribution in [0.4, 0.5) is 5.69 Å². The van der Waals surface area contributed by atoms with Crippen molar-refractivity contribution in [2.45, 2.75) is 19.4 Å². The quantitative estimate of drug-likeness (QED) is 0.816. The number of carbonyl (C=O) groups is 2. The molecule has 1 amide bonds. The molecular weight excluding hydrogens is 250 g/mol. The van der Waals surface area contributed by atoms with Crippen molar-refractivity contribution in [3.05, 3.63) is 24.3 Å². The number of anilines is 1. The Morgan fingerprint density at radius 1 is 1.32 bits per heavy atom. The highest BCUT2D eigenvalue weighted by molar-refractivity contribution is 5.97. The fourth-order valence-corrected chi connectivity index (χ4v) is 1.20. The van der Waals surface area contributed by atoms with Gasteiger partial charge in [-0.2, -0.15) is 0 Å². The van der Waals surface area contributed by atoms with Gasteiger partial charge in [-0.15, -0.1) is 0 Å². The zero-order valence-corrected chi connectivity index (χ0v) is 11.1. The Bertz CT molecular complexity index is 470. The van der Waals surface area contributed by atoms with Crippen LogP contribution < -0.4 is 10.1 Å². The lowest BCUT2D eigenvalue weighted by molar-refractivity contribution is -0.139. The molecule has 19 heavy (non-hydrogen) atoms. The highest BCUT2D eigenvalue weighted by atomic mass is 16.5. The lowest BCUT2D eigenvalue weighted by Crippen LogP contribution is -2.38. The van der Waals surface area contributed by atoms with Gasteiger partial charge in [-0.05, 0) is 26.0 Å². The number of methoxy groups -OCH3 is 1. The molecule has 0 saturated carbocycles. The number of amides is 1. The molecule has 0 aliphatic carbocycles. The van der Waals surface area contributed by atoms with E-state index in [0.717, 1.165) is 0 Å². The monoisotopic (exact) mass is 267 g/mol. The van der Waals surface area contributed by atoms with Crippen molar-refractivity contribution in [2.75, 3.05) is 19.0 Å². The third-order valence-electron chi connectivity index (χ3n) is 2.54. The van der Waals surface area contributed by atoms with Crippen LogP contribution in [-0.4, -0.2) is 36.3 Å². The van der Waals surface area contributed by atoms with E-state index in [1.54, 1.807) is 38.1 Å². The Balaban J connectivity index is 2.83. The second-order valence-electron chi connectivity index (χ2n) is 4.35. The summed E-state index contributed by atoms with van der Waals surface area (Å²) >= 11 is 0. The number of benzene rings is 1. The van der Waals surface area contributed by atoms with Crippen LogP contribution in [-0.2, 0) is 14.3 Å². The van der Waals surface area contributed by atoms with Gasteiger partial charge < -0.3 is 19.9 Å². The second-order valence-corrected chi connectivity index (χ2v) is 4.35. The lowest BCUT2D eigenvalue weighted by atomic mass is 10.1. The van der Waals surface area contributed by atoms with Crippen LogP contribution in [0.1, 0.15) is 13.8 Å². The summed E-state index contributed by atoms with van der Waals surface area (Å²) in [6.07, 6.45) is 0. The summed E-state index contributed by atoms with van der Waals surface area (Å²) < 4.78 is 10.2. The molecule has 0 atom stereocenters. The third kappa shape index (κ3) is 4.26. The molecule has 0 aromatic heterocycles. The minimum absolute atomic E-state index is 0.296. The lowest BCUT2D eigenvalue weighted by Gasteiger charge is -2.22. The summed E-state index contributed by atoms with van der Waals surface area (Å²) in [7, 11) is 1.44. The van der Waals surface area contributed by atoms with E-state index in [-0.39, 0.29) is 5.91 Å². The number of nitrogens with one attached hydrogen (secondary N) is 1. The number of ether oxygens (including phenoxy) is 2. The van der Waals surface area contributed by atoms with Crippen molar-refractivity contribution in [1.29, 1.82) is 0 Å². The third-order valence-corrected chi connectivity index (χ3v) is 2.54. The van der Waals surface area contributed by atoms with Gasteiger partial charge in [0.1, 0.15) is 11.4 Å². The van der Waals surface area contributed by atoms with Crippen LogP contribution in [0, 0.1) is 0 Å². The molecule has 1 rings (SSSR count). The van der Waals surface area contributed by atoms with Crippen LogP contribution >= 0.6 is 0 Å². The summed E-state index contributed by atoms with van der Waals surface area (Å²) in [4.78, 5) is 22.4. The van der Waals surface area contributed by atoms with E-state index in [0.29, 0.717) is 11.4 Å². The predicted molar refractivity (Wildman–Crippen MR) is 69.3 cm³/mol. The first-order valence-electron chi connectivity index (χ1n) is 5.67. The van der Waals surface area contributed by atoms with Gasteiger partial charge in [0.15, 0.2) is 6.61 Å². The molecule has 0 heterocycles. The van der Waals surface area contributed by atoms with E-state index < -0.39 is 18.2 Å². The minimum atomic E-state index is -1.08. The van der Waals surface area contributed by atoms with Crippen molar-refractivity contribution >= 4 is 17.6 Å². The topological polar surface area (TPSA) is 84.9 Å². The Morgan fingerprint density at radius 2 is 1.95 bits per heavy atom. The Kier molecular flexibility index (Phi) is 4.88. The molecule has 6 nitrogen and oxygen atoms in total. The van der Waals surface area contributed by atoms with Gasteiger partial charge in [-0.3, -0.25) is 4.79 Å². The molecule has 2 N–H and O–H groups in total. The molecule has 1 aromatic carbocycles. The Labute approximate surface area is 111 Å². The fourth-order valence-electron chi connectivity index (χ4n) is 1.20. The summed E-state index contributed by atoms with van der Waals surface area (Å²) in [6.45, 7) is 2.78. The van der Waals surface area contributed by atoms with Gasteiger partial charge >= 0.3 is 5.97 Å². The van der Waals surface area contributed by atoms with E-state index in [2.05, 4.69) is 5.32 Å². The van der Waals surface area contributed by atoms with E-state index in [4.69, 9.17) is 14.6 Å². The molecule has 0 aliphatic heterocycles. The van der Waals surface area contributed by atoms with E-state index >= 15 is 0 Å². The van der Waals surface area contributed by atoms with Crippen molar-refractivity contribution < 1.29 is 24.2 Å². The fraction of sp³-hybridized carbons (Fsp3) is 0.385. The molecule has 0 aliphatic rings. The largest absolute Gasteiger partial charge is 0.480 e. The molecule has 1 aromatic rings. The SMILES string of the molecule is COC(C)(C)C(=O)Nc1ccccc1OCC(=O)O. The molecule has 0 radical (unpaired) electrons. The van der Waals surface area contributed by atoms with Gasteiger partial charge in [0.2, 0.25) is 0 Å². The standard InChI is InChI=1S/C13H17NO5/c1-13(2,18-3)12(17)14-9-6-4-5-7-10(9)19-8-11(15)16/h4-7H,8H2,1-3H3,(H,14,17)(H,15,16). The highest BCUT2D eigenvalue weighted by Gasteiger charge is 2.27. The van der Waals surface area contributed by atoms with Gasteiger partial charge in [-0.25, -0.2) is 4.79 Å². The van der Waals surface area contributed by atoms with Crippen LogP contribution in [0.3, 0.4) is 0 Å². The number of aliphatic carboxylic acids is 1. The highest BCUT2D eigenvalue weighted by Crippen LogP contribution is 2.25. The van der Waals surface area contributed by atoms with Gasteiger partial charge in [0.25, 0.3) is 5.91 Å². The van der Waals surface area contributed by atoms with Crippen molar-refractivity contribution in [3.8, 4) is 5.75 Å². The molecular formula is C13H17NO5. The number of carboxylic acids is 1. The van der Waals surface area contributed by atoms with Crippen LogP contribution in [0.2, 0.25) is 0 Å². The Hall–Kier alpha value is -2.08. The number of carboxylic acid groups (broad SMARTS) is 1. The molecule has 104 valence electrons. The number of hydrogen-bond acceptors (Lipinski definition) is 4. The van der Waals surface area contributed by atoms with Crippen LogP contribution in [0.25, 0.3) is 0 Å². The summed E-state index contributed by atoms with van der Waals surface area (Å²) in [5.41, 5.74) is -0.584. The number of carbonyl (C=O) groups excluding carboxylic acids is 1. The van der Waals surface area contributed by atoms with Gasteiger partial charge in [0, 0.05) is 7.11 Å². The number of para-hydroxylation sites is 2. The van der Waals surface area contributed by atoms with E-state index in [1.165, 1.54) is 7.11 Å². The first-order chi connectivity index (χ1) is 8.86. The number of rotatable bonds is 6. The zero-order valence-electron chi connectivity index (χ0n) is 11.1. The minimum Gasteiger partial charge on any atom is -0.480 e. The molecule has 0 spiro atoms. The first kappa shape index (κ1) is 15.0. The molecule has 6 heteroatoms. The summed E-state index contributed by atoms with van der Waals surface area (Å²) in [6, 6.07) is 6.61. The van der Waals surface area contributed by atoms with Crippen LogP contribution in [0.15, 0.2) is 24.3 Å². The first-order valence-corrected chi connectivity index (χ1v) is 5.67. The normalized spacial score (nSPS) is 10.9. The average molecular weight is 267 g/mol. The van der Waals surface area contributed by atoms with Crippen molar-refractivity contribution in [3.63, 3.8) is 0 Å². The maximum atomic E-state index is 11.9. The maximum Gasteiger partial charge on any atom is 0.341 e. The van der Waals surface area contributed by atoms with Gasteiger partial charge in [-0.1, -0.05) is 12.1 Å². The predicted octanol–water partition coefficient (Wildman–Crippen LogP) is 1.51. The second kappa shape index (κ2) is 6.19. The van der Waals surface area contributed by atoms with E-state index in [1.807, 2.05) is 0 Å². The summed E-state index contributed by atoms with van der Waals surface area (Å²) in [5.74, 6) is -1.13. The smallest absolute Gasteiger partial charge is 0.341 e. The molecule has 0 fully saturated rings. The Morgan fingerprint density at radius 3 is 2.53 bits per heavy atom. The van der Waals surface area contributed by atoms with Crippen LogP contribution in [0.5, 0.6) is 5.75 Å². The van der Waals surface area contributed by atoms with Crippen molar-refractivity contribution in [1.82, 2.24) is 0 Å². The summed E-state index contributed by atoms with van der Waals surface area (Å²) in [5, 5.41) is 11.2. The maximum absolute atomic E-state index is 11.9.